The number of fused-ring (bicyclic) bond motifs is 1. The van der Waals surface area contributed by atoms with Gasteiger partial charge in [0.2, 0.25) is 0 Å². The third kappa shape index (κ3) is 4.54. The van der Waals surface area contributed by atoms with Crippen LogP contribution in [0.4, 0.5) is 18.9 Å². The van der Waals surface area contributed by atoms with Crippen molar-refractivity contribution >= 4 is 33.1 Å². The van der Waals surface area contributed by atoms with Crippen molar-refractivity contribution in [2.24, 2.45) is 0 Å². The van der Waals surface area contributed by atoms with E-state index in [2.05, 4.69) is 15.2 Å². The molecule has 6 nitrogen and oxygen atoms in total. The number of nitrogens with one attached hydrogen (secondary N) is 1. The number of rotatable bonds is 7. The highest BCUT2D eigenvalue weighted by Gasteiger charge is 2.18. The molecule has 32 heavy (non-hydrogen) atoms. The third-order valence-electron chi connectivity index (χ3n) is 4.71. The smallest absolute Gasteiger partial charge is 0.387 e. The summed E-state index contributed by atoms with van der Waals surface area (Å²) in [5.74, 6) is -0.762. The van der Waals surface area contributed by atoms with Crippen LogP contribution in [0.25, 0.3) is 10.2 Å². The predicted molar refractivity (Wildman–Crippen MR) is 115 cm³/mol. The lowest BCUT2D eigenvalue weighted by Crippen LogP contribution is -2.11. The summed E-state index contributed by atoms with van der Waals surface area (Å²) in [5.41, 5.74) is 1.92. The molecule has 0 saturated carbocycles. The number of aryl methyl sites for hydroxylation is 1. The van der Waals surface area contributed by atoms with E-state index in [1.807, 2.05) is 6.92 Å². The first-order valence-electron chi connectivity index (χ1n) is 9.49. The van der Waals surface area contributed by atoms with Crippen LogP contribution in [0.5, 0.6) is 11.5 Å². The van der Waals surface area contributed by atoms with E-state index in [-0.39, 0.29) is 23.0 Å². The van der Waals surface area contributed by atoms with Gasteiger partial charge in [-0.25, -0.2) is 4.39 Å². The van der Waals surface area contributed by atoms with Gasteiger partial charge in [-0.2, -0.15) is 13.9 Å². The lowest BCUT2D eigenvalue weighted by atomic mass is 10.2. The van der Waals surface area contributed by atoms with Crippen LogP contribution in [0.15, 0.2) is 48.5 Å². The number of alkyl halides is 2. The maximum absolute atomic E-state index is 13.2. The van der Waals surface area contributed by atoms with Gasteiger partial charge >= 0.3 is 6.61 Å². The zero-order valence-corrected chi connectivity index (χ0v) is 17.9. The number of benzene rings is 2. The fourth-order valence-electron chi connectivity index (χ4n) is 3.23. The Kier molecular flexibility index (Phi) is 6.04. The highest BCUT2D eigenvalue weighted by Crippen LogP contribution is 2.33. The molecule has 166 valence electrons. The Bertz CT molecular complexity index is 1270. The van der Waals surface area contributed by atoms with Crippen LogP contribution in [0.1, 0.15) is 20.9 Å². The molecule has 0 aliphatic carbocycles. The second kappa shape index (κ2) is 8.91. The van der Waals surface area contributed by atoms with E-state index in [0.29, 0.717) is 11.4 Å². The Hall–Kier alpha value is -3.53. The molecule has 0 spiro atoms. The molecule has 2 aromatic heterocycles. The highest BCUT2D eigenvalue weighted by atomic mass is 32.1. The van der Waals surface area contributed by atoms with E-state index in [1.165, 1.54) is 48.8 Å². The molecule has 0 aliphatic rings. The first kappa shape index (κ1) is 21.7. The van der Waals surface area contributed by atoms with Gasteiger partial charge in [0.25, 0.3) is 5.91 Å². The monoisotopic (exact) mass is 461 g/mol. The van der Waals surface area contributed by atoms with Crippen LogP contribution < -0.4 is 14.8 Å². The summed E-state index contributed by atoms with van der Waals surface area (Å²) in [6.07, 6.45) is 0. The van der Waals surface area contributed by atoms with Gasteiger partial charge in [-0.05, 0) is 42.8 Å². The molecule has 1 N–H and O–H groups in total. The van der Waals surface area contributed by atoms with Crippen molar-refractivity contribution in [3.63, 3.8) is 0 Å². The lowest BCUT2D eigenvalue weighted by molar-refractivity contribution is -0.0511. The molecule has 4 rings (SSSR count). The molecule has 0 radical (unpaired) electrons. The molecule has 0 saturated heterocycles. The number of methoxy groups -OCH3 is 1. The Balaban J connectivity index is 1.57. The van der Waals surface area contributed by atoms with Crippen molar-refractivity contribution in [1.29, 1.82) is 0 Å². The number of halogens is 3. The highest BCUT2D eigenvalue weighted by molar-refractivity contribution is 7.20. The number of anilines is 1. The third-order valence-corrected chi connectivity index (χ3v) is 5.86. The van der Waals surface area contributed by atoms with E-state index in [4.69, 9.17) is 4.74 Å². The maximum atomic E-state index is 13.2. The van der Waals surface area contributed by atoms with Gasteiger partial charge in [-0.3, -0.25) is 9.48 Å². The minimum absolute atomic E-state index is 0.127. The number of carbonyl (C=O) groups is 1. The fraction of sp³-hybridized carbons (Fsp3) is 0.182. The number of nitrogens with zero attached hydrogens (tertiary/aromatic N) is 2. The van der Waals surface area contributed by atoms with Crippen molar-refractivity contribution in [2.75, 3.05) is 12.4 Å². The number of hydrogen-bond donors (Lipinski definition) is 1. The Morgan fingerprint density at radius 3 is 2.59 bits per heavy atom. The molecule has 10 heteroatoms. The summed E-state index contributed by atoms with van der Waals surface area (Å²) in [5, 5.41) is 8.03. The first-order chi connectivity index (χ1) is 15.3. The largest absolute Gasteiger partial charge is 0.493 e. The first-order valence-corrected chi connectivity index (χ1v) is 10.3. The van der Waals surface area contributed by atoms with Crippen LogP contribution in [-0.2, 0) is 6.54 Å². The predicted octanol–water partition coefficient (Wildman–Crippen LogP) is 5.46. The van der Waals surface area contributed by atoms with E-state index >= 15 is 0 Å². The van der Waals surface area contributed by atoms with Gasteiger partial charge in [-0.1, -0.05) is 12.1 Å². The minimum atomic E-state index is -3.02. The second-order valence-electron chi connectivity index (χ2n) is 6.90. The van der Waals surface area contributed by atoms with E-state index < -0.39 is 12.5 Å². The van der Waals surface area contributed by atoms with Gasteiger partial charge in [-0.15, -0.1) is 11.3 Å². The quantitative estimate of drug-likeness (QED) is 0.397. The summed E-state index contributed by atoms with van der Waals surface area (Å²) >= 11 is 1.26. The SMILES string of the molecule is COc1ccc(NC(=O)c2cc3c(C)nn(Cc4ccc(F)cc4)c3s2)cc1OC(F)F. The average molecular weight is 461 g/mol. The van der Waals surface area contributed by atoms with Crippen LogP contribution in [0.3, 0.4) is 0 Å². The Morgan fingerprint density at radius 2 is 1.91 bits per heavy atom. The van der Waals surface area contributed by atoms with Crippen LogP contribution >= 0.6 is 11.3 Å². The minimum Gasteiger partial charge on any atom is -0.493 e. The summed E-state index contributed by atoms with van der Waals surface area (Å²) in [7, 11) is 1.33. The van der Waals surface area contributed by atoms with Crippen molar-refractivity contribution in [2.45, 2.75) is 20.1 Å². The topological polar surface area (TPSA) is 65.4 Å². The molecule has 0 fully saturated rings. The molecule has 1 amide bonds. The molecule has 4 aromatic rings. The summed E-state index contributed by atoms with van der Waals surface area (Å²) < 4.78 is 49.7. The van der Waals surface area contributed by atoms with Crippen LogP contribution in [-0.4, -0.2) is 29.4 Å². The van der Waals surface area contributed by atoms with Gasteiger partial charge in [0.15, 0.2) is 11.5 Å². The number of amides is 1. The summed E-state index contributed by atoms with van der Waals surface area (Å²) in [6, 6.07) is 12.1. The van der Waals surface area contributed by atoms with E-state index in [0.717, 1.165) is 21.5 Å². The van der Waals surface area contributed by atoms with E-state index in [1.54, 1.807) is 22.9 Å². The molecular weight excluding hydrogens is 443 g/mol. The summed E-state index contributed by atoms with van der Waals surface area (Å²) in [6.45, 7) is -0.751. The average Bonchev–Trinajstić information content (AvgIpc) is 3.31. The zero-order valence-electron chi connectivity index (χ0n) is 17.1. The molecule has 0 atom stereocenters. The van der Waals surface area contributed by atoms with Crippen LogP contribution in [0.2, 0.25) is 0 Å². The molecule has 0 aliphatic heterocycles. The molecular formula is C22H18F3N3O3S. The van der Waals surface area contributed by atoms with Crippen LogP contribution in [0, 0.1) is 12.7 Å². The molecule has 0 unspecified atom stereocenters. The second-order valence-corrected chi connectivity index (χ2v) is 7.93. The summed E-state index contributed by atoms with van der Waals surface area (Å²) in [4.78, 5) is 14.0. The Labute approximate surface area is 185 Å². The van der Waals surface area contributed by atoms with Crippen molar-refractivity contribution < 1.29 is 27.4 Å². The number of hydrogen-bond acceptors (Lipinski definition) is 5. The van der Waals surface area contributed by atoms with Crippen molar-refractivity contribution in [3.05, 3.63) is 70.5 Å². The normalized spacial score (nSPS) is 11.2. The van der Waals surface area contributed by atoms with Gasteiger partial charge in [0.05, 0.1) is 24.2 Å². The number of ether oxygens (including phenoxy) is 2. The lowest BCUT2D eigenvalue weighted by Gasteiger charge is -2.12. The Morgan fingerprint density at radius 1 is 1.16 bits per heavy atom. The maximum Gasteiger partial charge on any atom is 0.387 e. The zero-order chi connectivity index (χ0) is 22.8. The molecule has 0 bridgehead atoms. The fourth-order valence-corrected chi connectivity index (χ4v) is 4.29. The van der Waals surface area contributed by atoms with Gasteiger partial charge in [0, 0.05) is 17.1 Å². The van der Waals surface area contributed by atoms with Crippen molar-refractivity contribution in [3.8, 4) is 11.5 Å². The standard InChI is InChI=1S/C22H18F3N3O3S/c1-12-16-10-19(32-21(16)28(27-12)11-13-3-5-14(23)6-4-13)20(29)26-15-7-8-17(30-2)18(9-15)31-22(24)25/h3-10,22H,11H2,1-2H3,(H,26,29). The van der Waals surface area contributed by atoms with Gasteiger partial charge in [0.1, 0.15) is 10.6 Å². The molecule has 2 heterocycles. The molecule has 2 aromatic carbocycles. The number of carbonyl (C=O) groups excluding carboxylic acids is 1. The number of thiophene rings is 1. The van der Waals surface area contributed by atoms with Crippen molar-refractivity contribution in [1.82, 2.24) is 9.78 Å². The van der Waals surface area contributed by atoms with E-state index in [9.17, 15) is 18.0 Å². The number of aromatic nitrogens is 2. The van der Waals surface area contributed by atoms with Gasteiger partial charge < -0.3 is 14.8 Å².